The number of hydrogen-bond acceptors (Lipinski definition) is 2. The summed E-state index contributed by atoms with van der Waals surface area (Å²) in [5, 5.41) is 0. The van der Waals surface area contributed by atoms with E-state index in [1.807, 2.05) is 7.05 Å². The number of rotatable bonds is 3. The monoisotopic (exact) mass is 245 g/mol. The lowest BCUT2D eigenvalue weighted by Gasteiger charge is -2.05. The molecule has 3 nitrogen and oxygen atoms in total. The molecule has 0 spiro atoms. The van der Waals surface area contributed by atoms with Gasteiger partial charge in [-0.05, 0) is 21.8 Å². The molecule has 0 fully saturated rings. The summed E-state index contributed by atoms with van der Waals surface area (Å²) in [5.74, 6) is 1.72. The summed E-state index contributed by atoms with van der Waals surface area (Å²) >= 11 is 3.41. The van der Waals surface area contributed by atoms with E-state index in [2.05, 4.69) is 39.3 Å². The number of halogens is 1. The van der Waals surface area contributed by atoms with Gasteiger partial charge in [0.15, 0.2) is 0 Å². The number of aromatic nitrogens is 2. The normalized spacial score (nSPS) is 11.2. The van der Waals surface area contributed by atoms with Crippen molar-refractivity contribution in [3.05, 3.63) is 16.1 Å². The first-order valence-corrected chi connectivity index (χ1v) is 5.25. The van der Waals surface area contributed by atoms with Crippen molar-refractivity contribution in [3.63, 3.8) is 0 Å². The Kier molecular flexibility index (Phi) is 3.50. The number of imidazole rings is 1. The fourth-order valence-electron chi connectivity index (χ4n) is 1.32. The average molecular weight is 246 g/mol. The molecule has 1 heterocycles. The zero-order valence-electron chi connectivity index (χ0n) is 8.34. The van der Waals surface area contributed by atoms with E-state index in [1.54, 1.807) is 0 Å². The van der Waals surface area contributed by atoms with Gasteiger partial charge in [-0.3, -0.25) is 0 Å². The van der Waals surface area contributed by atoms with Crippen LogP contribution in [0.5, 0.6) is 0 Å². The molecule has 0 aliphatic rings. The van der Waals surface area contributed by atoms with Crippen molar-refractivity contribution in [1.29, 1.82) is 0 Å². The van der Waals surface area contributed by atoms with Crippen molar-refractivity contribution >= 4 is 15.9 Å². The molecule has 74 valence electrons. The molecule has 0 aliphatic carbocycles. The molecule has 2 N–H and O–H groups in total. The number of hydrogen-bond donors (Lipinski definition) is 1. The number of nitrogens with two attached hydrogens (primary N) is 1. The second kappa shape index (κ2) is 4.24. The van der Waals surface area contributed by atoms with Crippen LogP contribution in [0.15, 0.2) is 4.60 Å². The smallest absolute Gasteiger partial charge is 0.128 e. The van der Waals surface area contributed by atoms with E-state index in [0.717, 1.165) is 22.5 Å². The van der Waals surface area contributed by atoms with Crippen LogP contribution in [0.3, 0.4) is 0 Å². The van der Waals surface area contributed by atoms with E-state index in [0.29, 0.717) is 12.5 Å². The third-order valence-corrected chi connectivity index (χ3v) is 2.68. The average Bonchev–Trinajstić information content (AvgIpc) is 2.26. The van der Waals surface area contributed by atoms with Gasteiger partial charge >= 0.3 is 0 Å². The summed E-state index contributed by atoms with van der Waals surface area (Å²) < 4.78 is 2.96. The Balaban J connectivity index is 2.96. The van der Waals surface area contributed by atoms with E-state index in [9.17, 15) is 0 Å². The quantitative estimate of drug-likeness (QED) is 0.884. The highest BCUT2D eigenvalue weighted by Crippen LogP contribution is 2.18. The molecule has 0 aromatic carbocycles. The van der Waals surface area contributed by atoms with Crippen LogP contribution in [0.1, 0.15) is 25.4 Å². The fourth-order valence-corrected chi connectivity index (χ4v) is 1.95. The fraction of sp³-hybridized carbons (Fsp3) is 0.667. The highest BCUT2D eigenvalue weighted by Gasteiger charge is 2.11. The van der Waals surface area contributed by atoms with Crippen LogP contribution in [-0.2, 0) is 20.0 Å². The molecule has 1 aromatic heterocycles. The number of nitrogens with zero attached hydrogens (tertiary/aromatic N) is 2. The van der Waals surface area contributed by atoms with Crippen molar-refractivity contribution in [2.24, 2.45) is 18.7 Å². The summed E-state index contributed by atoms with van der Waals surface area (Å²) in [6.45, 7) is 4.90. The Bertz CT molecular complexity index is 291. The topological polar surface area (TPSA) is 43.8 Å². The van der Waals surface area contributed by atoms with Gasteiger partial charge in [-0.15, -0.1) is 0 Å². The van der Waals surface area contributed by atoms with Gasteiger partial charge in [0.25, 0.3) is 0 Å². The van der Waals surface area contributed by atoms with Crippen molar-refractivity contribution in [2.45, 2.75) is 26.8 Å². The first kappa shape index (κ1) is 10.7. The van der Waals surface area contributed by atoms with Crippen LogP contribution in [0, 0.1) is 5.92 Å². The third kappa shape index (κ3) is 2.31. The largest absolute Gasteiger partial charge is 0.333 e. The summed E-state index contributed by atoms with van der Waals surface area (Å²) in [6, 6.07) is 0. The van der Waals surface area contributed by atoms with E-state index in [4.69, 9.17) is 5.73 Å². The summed E-state index contributed by atoms with van der Waals surface area (Å²) in [4.78, 5) is 4.42. The second-order valence-electron chi connectivity index (χ2n) is 3.63. The first-order chi connectivity index (χ1) is 6.06. The van der Waals surface area contributed by atoms with Crippen molar-refractivity contribution in [3.8, 4) is 0 Å². The molecule has 1 rings (SSSR count). The van der Waals surface area contributed by atoms with Crippen molar-refractivity contribution in [1.82, 2.24) is 9.55 Å². The molecular formula is C9H16BrN3. The SMILES string of the molecule is CC(C)Cc1nc(Br)c(CN)n1C. The molecule has 0 unspecified atom stereocenters. The molecule has 0 saturated carbocycles. The summed E-state index contributed by atoms with van der Waals surface area (Å²) in [6.07, 6.45) is 0.995. The molecule has 1 aromatic rings. The van der Waals surface area contributed by atoms with Crippen LogP contribution in [0.4, 0.5) is 0 Å². The lowest BCUT2D eigenvalue weighted by Crippen LogP contribution is -2.08. The predicted molar refractivity (Wildman–Crippen MR) is 57.3 cm³/mol. The van der Waals surface area contributed by atoms with Crippen LogP contribution in [-0.4, -0.2) is 9.55 Å². The molecular weight excluding hydrogens is 230 g/mol. The van der Waals surface area contributed by atoms with E-state index in [1.165, 1.54) is 0 Å². The molecule has 0 aliphatic heterocycles. The van der Waals surface area contributed by atoms with Gasteiger partial charge < -0.3 is 10.3 Å². The minimum atomic E-state index is 0.530. The summed E-state index contributed by atoms with van der Waals surface area (Å²) in [7, 11) is 2.01. The molecule has 4 heteroatoms. The van der Waals surface area contributed by atoms with Gasteiger partial charge in [-0.1, -0.05) is 13.8 Å². The predicted octanol–water partition coefficient (Wildman–Crippen LogP) is 1.84. The molecule has 0 radical (unpaired) electrons. The highest BCUT2D eigenvalue weighted by atomic mass is 79.9. The Hall–Kier alpha value is -0.350. The minimum absolute atomic E-state index is 0.530. The maximum Gasteiger partial charge on any atom is 0.128 e. The zero-order chi connectivity index (χ0) is 10.0. The lowest BCUT2D eigenvalue weighted by atomic mass is 10.1. The van der Waals surface area contributed by atoms with Crippen LogP contribution in [0.25, 0.3) is 0 Å². The maximum absolute atomic E-state index is 5.60. The Labute approximate surface area is 87.5 Å². The van der Waals surface area contributed by atoms with Crippen LogP contribution in [0.2, 0.25) is 0 Å². The van der Waals surface area contributed by atoms with Gasteiger partial charge in [0.1, 0.15) is 10.4 Å². The Morgan fingerprint density at radius 1 is 1.54 bits per heavy atom. The molecule has 0 bridgehead atoms. The molecule has 0 amide bonds. The first-order valence-electron chi connectivity index (χ1n) is 4.46. The van der Waals surface area contributed by atoms with Gasteiger partial charge in [0.05, 0.1) is 5.69 Å². The Morgan fingerprint density at radius 3 is 2.54 bits per heavy atom. The molecule has 13 heavy (non-hydrogen) atoms. The van der Waals surface area contributed by atoms with Crippen molar-refractivity contribution < 1.29 is 0 Å². The van der Waals surface area contributed by atoms with Crippen molar-refractivity contribution in [2.75, 3.05) is 0 Å². The standard InChI is InChI=1S/C9H16BrN3/c1-6(2)4-8-12-9(10)7(5-11)13(8)3/h6H,4-5,11H2,1-3H3. The Morgan fingerprint density at radius 2 is 2.15 bits per heavy atom. The highest BCUT2D eigenvalue weighted by molar-refractivity contribution is 9.10. The van der Waals surface area contributed by atoms with Gasteiger partial charge in [-0.2, -0.15) is 0 Å². The van der Waals surface area contributed by atoms with Gasteiger partial charge in [-0.25, -0.2) is 4.98 Å². The lowest BCUT2D eigenvalue weighted by molar-refractivity contribution is 0.597. The van der Waals surface area contributed by atoms with Gasteiger partial charge in [0.2, 0.25) is 0 Å². The van der Waals surface area contributed by atoms with Gasteiger partial charge in [0, 0.05) is 20.0 Å². The zero-order valence-corrected chi connectivity index (χ0v) is 9.93. The summed E-state index contributed by atoms with van der Waals surface area (Å²) in [5.41, 5.74) is 6.67. The van der Waals surface area contributed by atoms with E-state index < -0.39 is 0 Å². The van der Waals surface area contributed by atoms with Crippen LogP contribution < -0.4 is 5.73 Å². The molecule has 0 saturated heterocycles. The third-order valence-electron chi connectivity index (χ3n) is 2.04. The van der Waals surface area contributed by atoms with E-state index in [-0.39, 0.29) is 0 Å². The van der Waals surface area contributed by atoms with E-state index >= 15 is 0 Å². The molecule has 0 atom stereocenters. The minimum Gasteiger partial charge on any atom is -0.333 e. The maximum atomic E-state index is 5.60. The second-order valence-corrected chi connectivity index (χ2v) is 4.38. The van der Waals surface area contributed by atoms with Crippen LogP contribution >= 0.6 is 15.9 Å².